The van der Waals surface area contributed by atoms with E-state index < -0.39 is 97.5 Å². The van der Waals surface area contributed by atoms with E-state index in [2.05, 4.69) is 41.5 Å². The molecular formula is C63H122O17P2. The number of carbonyl (C=O) groups is 4. The molecular weight excluding hydrogens is 1090 g/mol. The summed E-state index contributed by atoms with van der Waals surface area (Å²) in [4.78, 5) is 72.0. The number of aliphatic hydroxyl groups excluding tert-OH is 1. The van der Waals surface area contributed by atoms with Gasteiger partial charge in [0.25, 0.3) is 0 Å². The van der Waals surface area contributed by atoms with E-state index in [4.69, 9.17) is 37.0 Å². The van der Waals surface area contributed by atoms with Crippen LogP contribution in [0.5, 0.6) is 0 Å². The lowest BCUT2D eigenvalue weighted by atomic mass is 9.99. The van der Waals surface area contributed by atoms with E-state index in [-0.39, 0.29) is 25.7 Å². The highest BCUT2D eigenvalue weighted by molar-refractivity contribution is 7.47. The number of rotatable bonds is 62. The van der Waals surface area contributed by atoms with Gasteiger partial charge in [0.2, 0.25) is 0 Å². The molecule has 82 heavy (non-hydrogen) atoms. The normalized spacial score (nSPS) is 15.0. The molecule has 17 nitrogen and oxygen atoms in total. The lowest BCUT2D eigenvalue weighted by Crippen LogP contribution is -2.30. The van der Waals surface area contributed by atoms with Gasteiger partial charge in [-0.3, -0.25) is 37.3 Å². The Morgan fingerprint density at radius 3 is 0.866 bits per heavy atom. The molecule has 0 radical (unpaired) electrons. The summed E-state index contributed by atoms with van der Waals surface area (Å²) in [6.07, 6.45) is 37.5. The van der Waals surface area contributed by atoms with Crippen LogP contribution in [0.15, 0.2) is 0 Å². The maximum Gasteiger partial charge on any atom is 0.472 e. The Bertz CT molecular complexity index is 1620. The zero-order valence-corrected chi connectivity index (χ0v) is 54.6. The molecule has 7 atom stereocenters. The second kappa shape index (κ2) is 55.6. The summed E-state index contributed by atoms with van der Waals surface area (Å²) < 4.78 is 67.9. The minimum absolute atomic E-state index is 0.105. The van der Waals surface area contributed by atoms with Crippen LogP contribution in [0.3, 0.4) is 0 Å². The minimum atomic E-state index is -4.94. The highest BCUT2D eigenvalue weighted by Crippen LogP contribution is 2.45. The van der Waals surface area contributed by atoms with Gasteiger partial charge in [0, 0.05) is 25.7 Å². The summed E-state index contributed by atoms with van der Waals surface area (Å²) in [5.74, 6) is -0.560. The topological polar surface area (TPSA) is 237 Å². The van der Waals surface area contributed by atoms with Crippen molar-refractivity contribution in [1.82, 2.24) is 0 Å². The molecule has 3 N–H and O–H groups in total. The average Bonchev–Trinajstić information content (AvgIpc) is 3.46. The Hall–Kier alpha value is -1.94. The number of unbranched alkanes of at least 4 members (excludes halogenated alkanes) is 30. The first-order valence-electron chi connectivity index (χ1n) is 33.1. The van der Waals surface area contributed by atoms with Gasteiger partial charge in [0.1, 0.15) is 19.3 Å². The molecule has 4 unspecified atom stereocenters. The van der Waals surface area contributed by atoms with E-state index in [0.29, 0.717) is 25.7 Å². The fourth-order valence-corrected chi connectivity index (χ4v) is 10.9. The van der Waals surface area contributed by atoms with Gasteiger partial charge in [0.05, 0.1) is 26.4 Å². The second-order valence-electron chi connectivity index (χ2n) is 23.3. The van der Waals surface area contributed by atoms with Crippen molar-refractivity contribution >= 4 is 39.5 Å². The second-order valence-corrected chi connectivity index (χ2v) is 26.2. The van der Waals surface area contributed by atoms with Crippen molar-refractivity contribution in [3.8, 4) is 0 Å². The lowest BCUT2D eigenvalue weighted by Gasteiger charge is -2.21. The standard InChI is InChI=1S/C63H122O17P2/c1-7-11-13-15-17-20-29-35-41-47-62(67)79-58(51-73-60(65)45-39-33-25-16-14-12-8-2)53-77-81(69,70)75-49-57(64)50-76-82(71,72)78-54-59(52-74-61(66)46-40-34-28-24-23-27-32-38-44-56(6)10-4)80-63(68)48-42-36-30-22-19-18-21-26-31-37-43-55(5)9-3/h55-59,64H,7-54H2,1-6H3,(H,69,70)(H,71,72)/t55?,56?,57-,58+,59+/m0/s1. The van der Waals surface area contributed by atoms with Gasteiger partial charge >= 0.3 is 39.5 Å². The molecule has 0 spiro atoms. The van der Waals surface area contributed by atoms with Crippen molar-refractivity contribution in [1.29, 1.82) is 0 Å². The summed E-state index contributed by atoms with van der Waals surface area (Å²) in [7, 11) is -9.88. The highest BCUT2D eigenvalue weighted by Gasteiger charge is 2.30. The van der Waals surface area contributed by atoms with E-state index in [1.165, 1.54) is 116 Å². The monoisotopic (exact) mass is 1210 g/mol. The number of ether oxygens (including phenoxy) is 4. The molecule has 0 aromatic rings. The number of phosphoric acid groups is 2. The fourth-order valence-electron chi connectivity index (χ4n) is 9.29. The Balaban J connectivity index is 5.22. The first-order chi connectivity index (χ1) is 39.4. The summed E-state index contributed by atoms with van der Waals surface area (Å²) in [5, 5.41) is 10.5. The molecule has 0 saturated heterocycles. The third kappa shape index (κ3) is 54.7. The summed E-state index contributed by atoms with van der Waals surface area (Å²) in [5.41, 5.74) is 0. The minimum Gasteiger partial charge on any atom is -0.462 e. The summed E-state index contributed by atoms with van der Waals surface area (Å²) in [6.45, 7) is 9.46. The van der Waals surface area contributed by atoms with Crippen LogP contribution in [-0.4, -0.2) is 96.7 Å². The molecule has 0 aliphatic heterocycles. The predicted octanol–water partition coefficient (Wildman–Crippen LogP) is 17.3. The molecule has 0 aliphatic rings. The first-order valence-corrected chi connectivity index (χ1v) is 36.1. The summed E-state index contributed by atoms with van der Waals surface area (Å²) >= 11 is 0. The van der Waals surface area contributed by atoms with E-state index >= 15 is 0 Å². The number of phosphoric ester groups is 2. The third-order valence-corrected chi connectivity index (χ3v) is 17.1. The average molecular weight is 1210 g/mol. The van der Waals surface area contributed by atoms with Gasteiger partial charge in [-0.2, -0.15) is 0 Å². The molecule has 0 aromatic heterocycles. The van der Waals surface area contributed by atoms with Gasteiger partial charge in [-0.25, -0.2) is 9.13 Å². The summed E-state index contributed by atoms with van der Waals surface area (Å²) in [6, 6.07) is 0. The largest absolute Gasteiger partial charge is 0.472 e. The fraction of sp³-hybridized carbons (Fsp3) is 0.937. The molecule has 0 aliphatic carbocycles. The van der Waals surface area contributed by atoms with Crippen LogP contribution in [0.25, 0.3) is 0 Å². The maximum absolute atomic E-state index is 13.0. The van der Waals surface area contributed by atoms with E-state index in [0.717, 1.165) is 115 Å². The van der Waals surface area contributed by atoms with Crippen molar-refractivity contribution in [2.24, 2.45) is 11.8 Å². The Kier molecular flexibility index (Phi) is 54.3. The Morgan fingerprint density at radius 2 is 0.585 bits per heavy atom. The number of hydrogen-bond acceptors (Lipinski definition) is 15. The molecule has 0 aromatic carbocycles. The van der Waals surface area contributed by atoms with Crippen LogP contribution in [0.1, 0.15) is 311 Å². The van der Waals surface area contributed by atoms with Crippen LogP contribution < -0.4 is 0 Å². The molecule has 19 heteroatoms. The van der Waals surface area contributed by atoms with Crippen LogP contribution in [0, 0.1) is 11.8 Å². The molecule has 0 fully saturated rings. The predicted molar refractivity (Wildman–Crippen MR) is 326 cm³/mol. The number of esters is 4. The van der Waals surface area contributed by atoms with Crippen LogP contribution >= 0.6 is 15.6 Å². The maximum atomic E-state index is 13.0. The SMILES string of the molecule is CCCCCCCCCCCC(=O)O[C@H](COC(=O)CCCCCCCCC)COP(=O)(O)OC[C@H](O)COP(=O)(O)OC[C@@H](COC(=O)CCCCCCCCCCC(C)CC)OC(=O)CCCCCCCCCCCCC(C)CC. The zero-order chi connectivity index (χ0) is 60.8. The van der Waals surface area contributed by atoms with E-state index in [1.54, 1.807) is 0 Å². The van der Waals surface area contributed by atoms with Crippen molar-refractivity contribution in [3.05, 3.63) is 0 Å². The van der Waals surface area contributed by atoms with Crippen molar-refractivity contribution in [3.63, 3.8) is 0 Å². The van der Waals surface area contributed by atoms with Gasteiger partial charge in [-0.05, 0) is 37.5 Å². The number of aliphatic hydroxyl groups is 1. The van der Waals surface area contributed by atoms with Crippen LogP contribution in [-0.2, 0) is 65.4 Å². The highest BCUT2D eigenvalue weighted by atomic mass is 31.2. The van der Waals surface area contributed by atoms with Gasteiger partial charge in [-0.1, -0.05) is 260 Å². The molecule has 486 valence electrons. The van der Waals surface area contributed by atoms with Gasteiger partial charge in [-0.15, -0.1) is 0 Å². The lowest BCUT2D eigenvalue weighted by molar-refractivity contribution is -0.161. The van der Waals surface area contributed by atoms with Gasteiger partial charge < -0.3 is 33.8 Å². The number of hydrogen-bond donors (Lipinski definition) is 3. The van der Waals surface area contributed by atoms with Crippen LogP contribution in [0.4, 0.5) is 0 Å². The molecule has 0 saturated carbocycles. The van der Waals surface area contributed by atoms with Crippen LogP contribution in [0.2, 0.25) is 0 Å². The van der Waals surface area contributed by atoms with Crippen molar-refractivity contribution in [2.45, 2.75) is 330 Å². The van der Waals surface area contributed by atoms with E-state index in [1.807, 2.05) is 0 Å². The molecule has 0 bridgehead atoms. The van der Waals surface area contributed by atoms with Crippen molar-refractivity contribution < 1.29 is 80.2 Å². The Morgan fingerprint density at radius 1 is 0.341 bits per heavy atom. The zero-order valence-electron chi connectivity index (χ0n) is 52.8. The molecule has 0 heterocycles. The quantitative estimate of drug-likeness (QED) is 0.0222. The van der Waals surface area contributed by atoms with Gasteiger partial charge in [0.15, 0.2) is 12.2 Å². The number of carbonyl (C=O) groups excluding carboxylic acids is 4. The molecule has 0 amide bonds. The first kappa shape index (κ1) is 80.1. The third-order valence-electron chi connectivity index (χ3n) is 15.2. The smallest absolute Gasteiger partial charge is 0.462 e. The van der Waals surface area contributed by atoms with Crippen molar-refractivity contribution in [2.75, 3.05) is 39.6 Å². The van der Waals surface area contributed by atoms with E-state index in [9.17, 15) is 43.2 Å². The molecule has 0 rings (SSSR count). The Labute approximate surface area is 498 Å².